The molecule has 1 N–H and O–H groups in total. The van der Waals surface area contributed by atoms with Crippen LogP contribution in [0.3, 0.4) is 0 Å². The number of nitro groups is 1. The number of nitrogens with zero attached hydrogens (tertiary/aromatic N) is 3. The minimum atomic E-state index is -0.412. The average Bonchev–Trinajstić information content (AvgIpc) is 2.81. The first-order chi connectivity index (χ1) is 8.19. The monoisotopic (exact) mass is 268 g/mol. The van der Waals surface area contributed by atoms with Crippen molar-refractivity contribution in [2.24, 2.45) is 0 Å². The molecule has 0 spiro atoms. The maximum absolute atomic E-state index is 10.8. The Kier molecular flexibility index (Phi) is 3.55. The summed E-state index contributed by atoms with van der Waals surface area (Å²) in [6.45, 7) is 0. The van der Waals surface area contributed by atoms with Crippen molar-refractivity contribution in [3.8, 4) is 0 Å². The summed E-state index contributed by atoms with van der Waals surface area (Å²) in [5.41, 5.74) is 0.759. The van der Waals surface area contributed by atoms with E-state index in [0.29, 0.717) is 5.69 Å². The number of aromatic nitrogens is 2. The van der Waals surface area contributed by atoms with Crippen molar-refractivity contribution in [2.75, 3.05) is 12.4 Å². The Balaban J connectivity index is 2.33. The van der Waals surface area contributed by atoms with E-state index < -0.39 is 4.92 Å². The molecule has 0 unspecified atom stereocenters. The van der Waals surface area contributed by atoms with E-state index in [4.69, 9.17) is 0 Å². The van der Waals surface area contributed by atoms with Crippen LogP contribution in [-0.2, 0) is 0 Å². The van der Waals surface area contributed by atoms with E-state index in [9.17, 15) is 10.1 Å². The molecule has 17 heavy (non-hydrogen) atoms. The quantitative estimate of drug-likeness (QED) is 0.678. The highest BCUT2D eigenvalue weighted by molar-refractivity contribution is 8.01. The highest BCUT2D eigenvalue weighted by Crippen LogP contribution is 2.33. The Morgan fingerprint density at radius 2 is 2.29 bits per heavy atom. The molecular formula is C9H8N4O2S2. The van der Waals surface area contributed by atoms with E-state index in [1.54, 1.807) is 7.05 Å². The average molecular weight is 268 g/mol. The van der Waals surface area contributed by atoms with Crippen LogP contribution in [0.5, 0.6) is 0 Å². The van der Waals surface area contributed by atoms with Gasteiger partial charge in [0.15, 0.2) is 4.34 Å². The summed E-state index contributed by atoms with van der Waals surface area (Å²) in [7, 11) is 1.72. The highest BCUT2D eigenvalue weighted by Gasteiger charge is 2.11. The molecule has 0 bridgehead atoms. The van der Waals surface area contributed by atoms with Crippen LogP contribution in [0.15, 0.2) is 33.8 Å². The third-order valence-corrected chi connectivity index (χ3v) is 3.62. The lowest BCUT2D eigenvalue weighted by atomic mass is 10.3. The zero-order valence-electron chi connectivity index (χ0n) is 8.78. The number of anilines is 1. The van der Waals surface area contributed by atoms with Crippen molar-refractivity contribution in [3.63, 3.8) is 0 Å². The lowest BCUT2D eigenvalue weighted by Crippen LogP contribution is -1.93. The van der Waals surface area contributed by atoms with Crippen LogP contribution >= 0.6 is 23.3 Å². The van der Waals surface area contributed by atoms with Gasteiger partial charge in [-0.05, 0) is 17.6 Å². The summed E-state index contributed by atoms with van der Waals surface area (Å²) in [5, 5.41) is 13.7. The van der Waals surface area contributed by atoms with Gasteiger partial charge < -0.3 is 5.32 Å². The van der Waals surface area contributed by atoms with Crippen molar-refractivity contribution in [1.29, 1.82) is 0 Å². The SMILES string of the molecule is CNc1cc(Sc2ncns2)cc([N+](=O)[O-])c1. The molecule has 0 radical (unpaired) electrons. The van der Waals surface area contributed by atoms with Gasteiger partial charge in [0.05, 0.1) is 4.92 Å². The fourth-order valence-corrected chi connectivity index (χ4v) is 2.71. The Hall–Kier alpha value is -1.67. The van der Waals surface area contributed by atoms with Crippen LogP contribution in [0.4, 0.5) is 11.4 Å². The molecule has 6 nitrogen and oxygen atoms in total. The molecule has 1 aromatic carbocycles. The molecule has 8 heteroatoms. The summed E-state index contributed by atoms with van der Waals surface area (Å²) in [6, 6.07) is 4.84. The van der Waals surface area contributed by atoms with Gasteiger partial charge in [0.25, 0.3) is 5.69 Å². The smallest absolute Gasteiger partial charge is 0.272 e. The Bertz CT molecular complexity index is 530. The Labute approximate surface area is 105 Å². The van der Waals surface area contributed by atoms with Gasteiger partial charge in [-0.1, -0.05) is 11.8 Å². The molecule has 0 aliphatic rings. The molecule has 2 rings (SSSR count). The molecule has 1 heterocycles. The van der Waals surface area contributed by atoms with Crippen molar-refractivity contribution >= 4 is 34.7 Å². The second-order valence-electron chi connectivity index (χ2n) is 3.03. The largest absolute Gasteiger partial charge is 0.388 e. The van der Waals surface area contributed by atoms with E-state index in [0.717, 1.165) is 9.24 Å². The summed E-state index contributed by atoms with van der Waals surface area (Å²) >= 11 is 2.61. The number of non-ortho nitro benzene ring substituents is 1. The highest BCUT2D eigenvalue weighted by atomic mass is 32.2. The summed E-state index contributed by atoms with van der Waals surface area (Å²) in [6.07, 6.45) is 1.46. The number of hydrogen-bond acceptors (Lipinski definition) is 7. The third kappa shape index (κ3) is 2.92. The fraction of sp³-hybridized carbons (Fsp3) is 0.111. The van der Waals surface area contributed by atoms with Crippen LogP contribution in [0.25, 0.3) is 0 Å². The van der Waals surface area contributed by atoms with Gasteiger partial charge in [-0.2, -0.15) is 4.37 Å². The molecule has 0 aliphatic heterocycles. The number of nitro benzene ring substituents is 1. The van der Waals surface area contributed by atoms with Gasteiger partial charge in [-0.25, -0.2) is 4.98 Å². The van der Waals surface area contributed by atoms with Crippen LogP contribution < -0.4 is 5.32 Å². The van der Waals surface area contributed by atoms with E-state index in [-0.39, 0.29) is 5.69 Å². The van der Waals surface area contributed by atoms with E-state index in [2.05, 4.69) is 14.7 Å². The minimum Gasteiger partial charge on any atom is -0.388 e. The molecule has 0 atom stereocenters. The number of hydrogen-bond donors (Lipinski definition) is 1. The van der Waals surface area contributed by atoms with Gasteiger partial charge in [-0.3, -0.25) is 10.1 Å². The normalized spacial score (nSPS) is 10.2. The first-order valence-corrected chi connectivity index (χ1v) is 6.20. The second kappa shape index (κ2) is 5.11. The van der Waals surface area contributed by atoms with Crippen molar-refractivity contribution in [3.05, 3.63) is 34.6 Å². The number of nitrogens with one attached hydrogen (secondary N) is 1. The molecule has 88 valence electrons. The summed E-state index contributed by atoms with van der Waals surface area (Å²) in [4.78, 5) is 15.1. The standard InChI is InChI=1S/C9H8N4O2S2/c1-10-6-2-7(13(14)15)4-8(3-6)16-9-11-5-12-17-9/h2-5,10H,1H3. The zero-order valence-corrected chi connectivity index (χ0v) is 10.4. The van der Waals surface area contributed by atoms with Gasteiger partial charge in [0.1, 0.15) is 6.33 Å². The van der Waals surface area contributed by atoms with E-state index >= 15 is 0 Å². The van der Waals surface area contributed by atoms with Gasteiger partial charge in [0, 0.05) is 29.8 Å². The maximum atomic E-state index is 10.8. The van der Waals surface area contributed by atoms with Crippen LogP contribution in [-0.4, -0.2) is 21.3 Å². The summed E-state index contributed by atoms with van der Waals surface area (Å²) in [5.74, 6) is 0. The minimum absolute atomic E-state index is 0.0591. The van der Waals surface area contributed by atoms with Crippen LogP contribution in [0.1, 0.15) is 0 Å². The van der Waals surface area contributed by atoms with Crippen molar-refractivity contribution in [1.82, 2.24) is 9.36 Å². The van der Waals surface area contributed by atoms with Crippen molar-refractivity contribution < 1.29 is 4.92 Å². The maximum Gasteiger partial charge on any atom is 0.272 e. The van der Waals surface area contributed by atoms with Gasteiger partial charge in [-0.15, -0.1) is 0 Å². The molecule has 0 aliphatic carbocycles. The molecule has 0 saturated heterocycles. The Morgan fingerprint density at radius 3 is 2.88 bits per heavy atom. The fourth-order valence-electron chi connectivity index (χ4n) is 1.20. The zero-order chi connectivity index (χ0) is 12.3. The predicted octanol–water partition coefficient (Wildman–Crippen LogP) is 2.64. The molecule has 1 aromatic heterocycles. The molecule has 0 saturated carbocycles. The van der Waals surface area contributed by atoms with Crippen molar-refractivity contribution in [2.45, 2.75) is 9.24 Å². The molecule has 0 amide bonds. The van der Waals surface area contributed by atoms with Gasteiger partial charge >= 0.3 is 0 Å². The number of benzene rings is 1. The first-order valence-electron chi connectivity index (χ1n) is 4.61. The molecule has 0 fully saturated rings. The third-order valence-electron chi connectivity index (χ3n) is 1.94. The topological polar surface area (TPSA) is 81.0 Å². The summed E-state index contributed by atoms with van der Waals surface area (Å²) < 4.78 is 4.64. The van der Waals surface area contributed by atoms with Crippen LogP contribution in [0.2, 0.25) is 0 Å². The van der Waals surface area contributed by atoms with Crippen LogP contribution in [0, 0.1) is 10.1 Å². The van der Waals surface area contributed by atoms with E-state index in [1.165, 1.54) is 41.8 Å². The van der Waals surface area contributed by atoms with E-state index in [1.807, 2.05) is 6.07 Å². The number of rotatable bonds is 4. The molecule has 2 aromatic rings. The predicted molar refractivity (Wildman–Crippen MR) is 66.7 cm³/mol. The Morgan fingerprint density at radius 1 is 1.47 bits per heavy atom. The lowest BCUT2D eigenvalue weighted by Gasteiger charge is -2.03. The first kappa shape index (κ1) is 11.8. The molecular weight excluding hydrogens is 260 g/mol. The lowest BCUT2D eigenvalue weighted by molar-refractivity contribution is -0.385. The second-order valence-corrected chi connectivity index (χ2v) is 5.13. The van der Waals surface area contributed by atoms with Gasteiger partial charge in [0.2, 0.25) is 0 Å².